The van der Waals surface area contributed by atoms with Crippen molar-refractivity contribution < 1.29 is 14.3 Å². The molecule has 2 amide bonds. The second-order valence-corrected chi connectivity index (χ2v) is 9.41. The number of carbonyl (C=O) groups excluding carboxylic acids is 2. The Morgan fingerprint density at radius 1 is 1.06 bits per heavy atom. The lowest BCUT2D eigenvalue weighted by Gasteiger charge is -2.46. The summed E-state index contributed by atoms with van der Waals surface area (Å²) in [5.74, 6) is 2.44. The molecule has 1 N–H and O–H groups in total. The van der Waals surface area contributed by atoms with Crippen molar-refractivity contribution in [1.82, 2.24) is 15.1 Å². The van der Waals surface area contributed by atoms with Crippen LogP contribution in [0.25, 0.3) is 0 Å². The molecule has 0 spiro atoms. The molecule has 170 valence electrons. The second kappa shape index (κ2) is 10.5. The van der Waals surface area contributed by atoms with E-state index in [0.717, 1.165) is 69.7 Å². The lowest BCUT2D eigenvalue weighted by Crippen LogP contribution is -2.57. The van der Waals surface area contributed by atoms with Crippen molar-refractivity contribution in [2.75, 3.05) is 39.3 Å². The zero-order chi connectivity index (χ0) is 21.6. The number of nitrogens with one attached hydrogen (secondary N) is 1. The van der Waals surface area contributed by atoms with Gasteiger partial charge in [-0.05, 0) is 75.1 Å². The van der Waals surface area contributed by atoms with Crippen LogP contribution in [-0.2, 0) is 16.0 Å². The Labute approximate surface area is 186 Å². The maximum absolute atomic E-state index is 13.0. The number of hydrogen-bond acceptors (Lipinski definition) is 4. The molecule has 0 aliphatic carbocycles. The number of likely N-dealkylation sites (tertiary alicyclic amines) is 2. The van der Waals surface area contributed by atoms with Gasteiger partial charge in [0.05, 0.1) is 13.0 Å². The van der Waals surface area contributed by atoms with Gasteiger partial charge in [-0.2, -0.15) is 0 Å². The van der Waals surface area contributed by atoms with Gasteiger partial charge in [-0.25, -0.2) is 0 Å². The van der Waals surface area contributed by atoms with Crippen LogP contribution in [0.2, 0.25) is 0 Å². The minimum absolute atomic E-state index is 0.226. The number of hydrogen-bond donors (Lipinski definition) is 1. The molecule has 0 radical (unpaired) electrons. The molecule has 3 aliphatic heterocycles. The Morgan fingerprint density at radius 3 is 2.58 bits per heavy atom. The van der Waals surface area contributed by atoms with Crippen LogP contribution in [0.15, 0.2) is 24.3 Å². The molecule has 31 heavy (non-hydrogen) atoms. The van der Waals surface area contributed by atoms with Gasteiger partial charge in [-0.3, -0.25) is 9.59 Å². The van der Waals surface area contributed by atoms with E-state index in [1.807, 2.05) is 36.1 Å². The minimum Gasteiger partial charge on any atom is -0.494 e. The van der Waals surface area contributed by atoms with Gasteiger partial charge in [0.1, 0.15) is 5.75 Å². The molecule has 4 rings (SSSR count). The number of amides is 2. The second-order valence-electron chi connectivity index (χ2n) is 9.41. The van der Waals surface area contributed by atoms with Gasteiger partial charge in [-0.15, -0.1) is 0 Å². The topological polar surface area (TPSA) is 61.9 Å². The zero-order valence-corrected chi connectivity index (χ0v) is 18.9. The van der Waals surface area contributed by atoms with Gasteiger partial charge in [0.2, 0.25) is 11.8 Å². The summed E-state index contributed by atoms with van der Waals surface area (Å²) in [6.07, 6.45) is 6.58. The first-order valence-electron chi connectivity index (χ1n) is 12.1. The van der Waals surface area contributed by atoms with E-state index >= 15 is 0 Å². The van der Waals surface area contributed by atoms with Crippen LogP contribution in [0, 0.1) is 11.8 Å². The highest BCUT2D eigenvalue weighted by atomic mass is 16.5. The third-order valence-electron chi connectivity index (χ3n) is 7.11. The molecule has 3 fully saturated rings. The van der Waals surface area contributed by atoms with Gasteiger partial charge in [0, 0.05) is 38.6 Å². The minimum atomic E-state index is 0.226. The van der Waals surface area contributed by atoms with Crippen molar-refractivity contribution in [2.45, 2.75) is 57.9 Å². The van der Waals surface area contributed by atoms with Crippen LogP contribution in [0.1, 0.15) is 51.0 Å². The highest BCUT2D eigenvalue weighted by Crippen LogP contribution is 2.31. The molecule has 1 aromatic rings. The summed E-state index contributed by atoms with van der Waals surface area (Å²) in [6, 6.07) is 8.30. The van der Waals surface area contributed by atoms with Gasteiger partial charge in [0.25, 0.3) is 0 Å². The summed E-state index contributed by atoms with van der Waals surface area (Å²) in [5, 5.41) is 3.71. The summed E-state index contributed by atoms with van der Waals surface area (Å²) in [5.41, 5.74) is 1.04. The average molecular weight is 428 g/mol. The lowest BCUT2D eigenvalue weighted by molar-refractivity contribution is -0.134. The van der Waals surface area contributed by atoms with E-state index < -0.39 is 0 Å². The highest BCUT2D eigenvalue weighted by molar-refractivity contribution is 5.79. The number of nitrogens with zero attached hydrogens (tertiary/aromatic N) is 2. The van der Waals surface area contributed by atoms with Crippen molar-refractivity contribution in [1.29, 1.82) is 0 Å². The molecule has 3 unspecified atom stereocenters. The summed E-state index contributed by atoms with van der Waals surface area (Å²) in [7, 11) is 0. The van der Waals surface area contributed by atoms with E-state index in [0.29, 0.717) is 43.2 Å². The quantitative estimate of drug-likeness (QED) is 0.693. The molecule has 3 atom stereocenters. The summed E-state index contributed by atoms with van der Waals surface area (Å²) >= 11 is 0. The molecule has 2 bridgehead atoms. The smallest absolute Gasteiger partial charge is 0.227 e. The van der Waals surface area contributed by atoms with Crippen LogP contribution in [0.4, 0.5) is 0 Å². The maximum Gasteiger partial charge on any atom is 0.227 e. The van der Waals surface area contributed by atoms with Crippen molar-refractivity contribution in [3.63, 3.8) is 0 Å². The zero-order valence-electron chi connectivity index (χ0n) is 18.9. The van der Waals surface area contributed by atoms with E-state index in [9.17, 15) is 9.59 Å². The lowest BCUT2D eigenvalue weighted by atomic mass is 9.79. The van der Waals surface area contributed by atoms with Crippen LogP contribution in [0.3, 0.4) is 0 Å². The normalized spacial score (nSPS) is 25.5. The Balaban J connectivity index is 1.25. The van der Waals surface area contributed by atoms with Crippen molar-refractivity contribution in [3.8, 4) is 5.75 Å². The molecule has 3 saturated heterocycles. The SMILES string of the molecule is CCOc1ccc(CC(=O)N2CC3CNC(CCCC(=O)N4CCCC4)C(C3)C2)cc1. The van der Waals surface area contributed by atoms with Crippen molar-refractivity contribution >= 4 is 11.8 Å². The first-order chi connectivity index (χ1) is 15.1. The fourth-order valence-corrected chi connectivity index (χ4v) is 5.47. The molecule has 3 aliphatic rings. The Bertz CT molecular complexity index is 745. The molecule has 0 aromatic heterocycles. The molecular formula is C25H37N3O3. The Morgan fingerprint density at radius 2 is 1.84 bits per heavy atom. The van der Waals surface area contributed by atoms with E-state index in [1.165, 1.54) is 6.42 Å². The first-order valence-corrected chi connectivity index (χ1v) is 12.1. The van der Waals surface area contributed by atoms with Crippen LogP contribution < -0.4 is 10.1 Å². The summed E-state index contributed by atoms with van der Waals surface area (Å²) < 4.78 is 5.49. The molecule has 6 nitrogen and oxygen atoms in total. The first kappa shape index (κ1) is 22.1. The largest absolute Gasteiger partial charge is 0.494 e. The average Bonchev–Trinajstić information content (AvgIpc) is 3.32. The number of rotatable bonds is 8. The van der Waals surface area contributed by atoms with Crippen LogP contribution in [0.5, 0.6) is 5.75 Å². The number of carbonyl (C=O) groups is 2. The molecule has 3 heterocycles. The number of fused-ring (bicyclic) bond motifs is 2. The van der Waals surface area contributed by atoms with Gasteiger partial charge in [-0.1, -0.05) is 12.1 Å². The third-order valence-corrected chi connectivity index (χ3v) is 7.11. The standard InChI is InChI=1S/C25H37N3O3/c1-2-31-22-10-8-19(9-11-22)15-25(30)28-17-20-14-21(18-28)23(26-16-20)6-5-7-24(29)27-12-3-4-13-27/h8-11,20-21,23,26H,2-7,12-18H2,1H3. The van der Waals surface area contributed by atoms with E-state index in [4.69, 9.17) is 4.74 Å². The third kappa shape index (κ3) is 5.79. The predicted molar refractivity (Wildman–Crippen MR) is 121 cm³/mol. The van der Waals surface area contributed by atoms with E-state index in [2.05, 4.69) is 10.2 Å². The monoisotopic (exact) mass is 427 g/mol. The van der Waals surface area contributed by atoms with Crippen molar-refractivity contribution in [3.05, 3.63) is 29.8 Å². The summed E-state index contributed by atoms with van der Waals surface area (Å²) in [6.45, 7) is 7.18. The fraction of sp³-hybridized carbons (Fsp3) is 0.680. The molecule has 0 saturated carbocycles. The maximum atomic E-state index is 13.0. The molecule has 6 heteroatoms. The Kier molecular flexibility index (Phi) is 7.49. The Hall–Kier alpha value is -2.08. The number of ether oxygens (including phenoxy) is 1. The van der Waals surface area contributed by atoms with Gasteiger partial charge >= 0.3 is 0 Å². The molecule has 1 aromatic carbocycles. The van der Waals surface area contributed by atoms with E-state index in [-0.39, 0.29) is 5.91 Å². The number of benzene rings is 1. The van der Waals surface area contributed by atoms with E-state index in [1.54, 1.807) is 0 Å². The van der Waals surface area contributed by atoms with Gasteiger partial charge in [0.15, 0.2) is 0 Å². The highest BCUT2D eigenvalue weighted by Gasteiger charge is 2.37. The van der Waals surface area contributed by atoms with Crippen molar-refractivity contribution in [2.24, 2.45) is 11.8 Å². The van der Waals surface area contributed by atoms with Gasteiger partial charge < -0.3 is 19.9 Å². The predicted octanol–water partition coefficient (Wildman–Crippen LogP) is 2.86. The summed E-state index contributed by atoms with van der Waals surface area (Å²) in [4.78, 5) is 29.4. The fourth-order valence-electron chi connectivity index (χ4n) is 5.47. The number of piperidine rings is 2. The molecular weight excluding hydrogens is 390 g/mol. The van der Waals surface area contributed by atoms with Crippen LogP contribution in [-0.4, -0.2) is 67.0 Å². The van der Waals surface area contributed by atoms with Crippen LogP contribution >= 0.6 is 0 Å².